The molecule has 1 aromatic carbocycles. The molecule has 6 heteroatoms. The second-order valence-corrected chi connectivity index (χ2v) is 4.99. The summed E-state index contributed by atoms with van der Waals surface area (Å²) in [6.07, 6.45) is 12.7. The molecule has 0 saturated carbocycles. The van der Waals surface area contributed by atoms with Crippen LogP contribution in [0.25, 0.3) is 11.4 Å². The zero-order valence-electron chi connectivity index (χ0n) is 12.3. The number of rotatable bonds is 2. The zero-order valence-corrected chi connectivity index (χ0v) is 12.3. The summed E-state index contributed by atoms with van der Waals surface area (Å²) in [6.45, 7) is 0.497. The second-order valence-electron chi connectivity index (χ2n) is 4.99. The van der Waals surface area contributed by atoms with Crippen LogP contribution in [0.1, 0.15) is 0 Å². The Bertz CT molecular complexity index is 851. The summed E-state index contributed by atoms with van der Waals surface area (Å²) in [5, 5.41) is 0. The van der Waals surface area contributed by atoms with Crippen molar-refractivity contribution in [2.45, 2.75) is 0 Å². The molecule has 0 saturated heterocycles. The summed E-state index contributed by atoms with van der Waals surface area (Å²) < 4.78 is 1.99. The summed E-state index contributed by atoms with van der Waals surface area (Å²) in [5.74, 6) is 2.50. The van der Waals surface area contributed by atoms with Crippen LogP contribution in [0, 0.1) is 0 Å². The summed E-state index contributed by atoms with van der Waals surface area (Å²) in [7, 11) is 0. The van der Waals surface area contributed by atoms with E-state index >= 15 is 0 Å². The van der Waals surface area contributed by atoms with Gasteiger partial charge in [-0.15, -0.1) is 0 Å². The Morgan fingerprint density at radius 3 is 2.61 bits per heavy atom. The van der Waals surface area contributed by atoms with Gasteiger partial charge >= 0.3 is 0 Å². The maximum atomic E-state index is 4.63. The van der Waals surface area contributed by atoms with E-state index in [-0.39, 0.29) is 0 Å². The van der Waals surface area contributed by atoms with Crippen LogP contribution in [0.15, 0.2) is 78.6 Å². The van der Waals surface area contributed by atoms with Crippen molar-refractivity contribution < 1.29 is 0 Å². The van der Waals surface area contributed by atoms with E-state index in [4.69, 9.17) is 0 Å². The standard InChI is InChI=1S/C17H14N6/c1-2-4-14(5-3-1)17-20-9-11-23(17)15-6-10-22(13-21-15)16-12-18-7-8-19-16/h1-12H,13H2. The highest BCUT2D eigenvalue weighted by Gasteiger charge is 2.13. The fourth-order valence-electron chi connectivity index (χ4n) is 2.44. The van der Waals surface area contributed by atoms with Gasteiger partial charge < -0.3 is 4.90 Å². The van der Waals surface area contributed by atoms with E-state index in [2.05, 4.69) is 19.9 Å². The van der Waals surface area contributed by atoms with E-state index in [1.165, 1.54) is 0 Å². The molecular weight excluding hydrogens is 288 g/mol. The first-order valence-electron chi connectivity index (χ1n) is 7.26. The van der Waals surface area contributed by atoms with E-state index in [1.54, 1.807) is 24.8 Å². The highest BCUT2D eigenvalue weighted by atomic mass is 15.3. The maximum Gasteiger partial charge on any atom is 0.152 e. The molecule has 0 aliphatic carbocycles. The summed E-state index contributed by atoms with van der Waals surface area (Å²) >= 11 is 0. The molecule has 3 heterocycles. The van der Waals surface area contributed by atoms with Crippen molar-refractivity contribution in [3.63, 3.8) is 0 Å². The van der Waals surface area contributed by atoms with Gasteiger partial charge in [0, 0.05) is 36.6 Å². The Morgan fingerprint density at radius 1 is 0.957 bits per heavy atom. The third kappa shape index (κ3) is 2.62. The quantitative estimate of drug-likeness (QED) is 0.730. The minimum absolute atomic E-state index is 0.497. The molecule has 0 atom stereocenters. The maximum absolute atomic E-state index is 4.63. The highest BCUT2D eigenvalue weighted by Crippen LogP contribution is 2.18. The van der Waals surface area contributed by atoms with Gasteiger partial charge in [0.05, 0.1) is 6.20 Å². The first-order valence-corrected chi connectivity index (χ1v) is 7.26. The average Bonchev–Trinajstić information content (AvgIpc) is 3.13. The third-order valence-electron chi connectivity index (χ3n) is 3.55. The molecule has 1 aliphatic rings. The predicted octanol–water partition coefficient (Wildman–Crippen LogP) is 2.58. The van der Waals surface area contributed by atoms with E-state index < -0.39 is 0 Å². The van der Waals surface area contributed by atoms with Gasteiger partial charge in [0.15, 0.2) is 5.82 Å². The van der Waals surface area contributed by atoms with E-state index in [0.29, 0.717) is 6.67 Å². The molecule has 0 amide bonds. The number of aromatic nitrogens is 4. The Labute approximate surface area is 133 Å². The number of hydrogen-bond donors (Lipinski definition) is 0. The SMILES string of the molecule is C1=CN(c2cnccn2)CN=C1n1ccnc1-c1ccccc1. The lowest BCUT2D eigenvalue weighted by Gasteiger charge is -2.21. The minimum Gasteiger partial charge on any atom is -0.311 e. The van der Waals surface area contributed by atoms with Crippen molar-refractivity contribution in [2.24, 2.45) is 4.99 Å². The van der Waals surface area contributed by atoms with Gasteiger partial charge in [-0.25, -0.2) is 15.0 Å². The van der Waals surface area contributed by atoms with Crippen LogP contribution in [-0.2, 0) is 0 Å². The van der Waals surface area contributed by atoms with E-state index in [1.807, 2.05) is 58.3 Å². The monoisotopic (exact) mass is 302 g/mol. The van der Waals surface area contributed by atoms with Crippen LogP contribution >= 0.6 is 0 Å². The van der Waals surface area contributed by atoms with Gasteiger partial charge in [0.2, 0.25) is 0 Å². The largest absolute Gasteiger partial charge is 0.311 e. The third-order valence-corrected chi connectivity index (χ3v) is 3.55. The fraction of sp³-hybridized carbons (Fsp3) is 0.0588. The molecule has 0 N–H and O–H groups in total. The van der Waals surface area contributed by atoms with Crippen LogP contribution in [0.5, 0.6) is 0 Å². The number of allylic oxidation sites excluding steroid dienone is 1. The van der Waals surface area contributed by atoms with Gasteiger partial charge in [0.25, 0.3) is 0 Å². The van der Waals surface area contributed by atoms with Gasteiger partial charge in [-0.3, -0.25) is 9.55 Å². The van der Waals surface area contributed by atoms with Crippen LogP contribution in [0.4, 0.5) is 5.82 Å². The van der Waals surface area contributed by atoms with Gasteiger partial charge in [-0.1, -0.05) is 30.3 Å². The average molecular weight is 302 g/mol. The summed E-state index contributed by atoms with van der Waals surface area (Å²) in [5.41, 5.74) is 1.06. The van der Waals surface area contributed by atoms with Crippen molar-refractivity contribution in [2.75, 3.05) is 11.6 Å². The van der Waals surface area contributed by atoms with Crippen molar-refractivity contribution in [1.82, 2.24) is 19.5 Å². The molecule has 3 aromatic rings. The van der Waals surface area contributed by atoms with E-state index in [9.17, 15) is 0 Å². The Balaban J connectivity index is 1.61. The van der Waals surface area contributed by atoms with Gasteiger partial charge in [-0.05, 0) is 6.08 Å². The number of anilines is 1. The molecule has 0 fully saturated rings. The smallest absolute Gasteiger partial charge is 0.152 e. The van der Waals surface area contributed by atoms with Crippen molar-refractivity contribution in [3.05, 3.63) is 73.6 Å². The van der Waals surface area contributed by atoms with Gasteiger partial charge in [0.1, 0.15) is 18.3 Å². The molecule has 0 bridgehead atoms. The molecular formula is C17H14N6. The first kappa shape index (κ1) is 13.4. The van der Waals surface area contributed by atoms with Crippen molar-refractivity contribution in [1.29, 1.82) is 0 Å². The number of nitrogens with zero attached hydrogens (tertiary/aromatic N) is 6. The number of imidazole rings is 1. The molecule has 0 unspecified atom stereocenters. The fourth-order valence-corrected chi connectivity index (χ4v) is 2.44. The van der Waals surface area contributed by atoms with Crippen molar-refractivity contribution in [3.8, 4) is 11.4 Å². The first-order chi connectivity index (χ1) is 11.4. The minimum atomic E-state index is 0.497. The topological polar surface area (TPSA) is 59.2 Å². The number of benzene rings is 1. The molecule has 6 nitrogen and oxygen atoms in total. The second kappa shape index (κ2) is 5.84. The van der Waals surface area contributed by atoms with Crippen LogP contribution in [0.2, 0.25) is 0 Å². The highest BCUT2D eigenvalue weighted by molar-refractivity contribution is 5.98. The zero-order chi connectivity index (χ0) is 15.5. The van der Waals surface area contributed by atoms with Crippen LogP contribution in [-0.4, -0.2) is 32.0 Å². The summed E-state index contributed by atoms with van der Waals surface area (Å²) in [6, 6.07) is 10.1. The van der Waals surface area contributed by atoms with Crippen molar-refractivity contribution >= 4 is 11.7 Å². The Morgan fingerprint density at radius 2 is 1.87 bits per heavy atom. The Kier molecular flexibility index (Phi) is 3.40. The molecule has 23 heavy (non-hydrogen) atoms. The lowest BCUT2D eigenvalue weighted by molar-refractivity contribution is 0.913. The predicted molar refractivity (Wildman–Crippen MR) is 89.0 cm³/mol. The van der Waals surface area contributed by atoms with Crippen LogP contribution in [0.3, 0.4) is 0 Å². The molecule has 2 aromatic heterocycles. The Hall–Kier alpha value is -3.28. The summed E-state index contributed by atoms with van der Waals surface area (Å²) in [4.78, 5) is 19.4. The lowest BCUT2D eigenvalue weighted by atomic mass is 10.2. The van der Waals surface area contributed by atoms with Crippen LogP contribution < -0.4 is 4.90 Å². The van der Waals surface area contributed by atoms with Gasteiger partial charge in [-0.2, -0.15) is 0 Å². The molecule has 0 spiro atoms. The molecule has 0 radical (unpaired) electrons. The molecule has 4 rings (SSSR count). The lowest BCUT2D eigenvalue weighted by Crippen LogP contribution is -2.25. The molecule has 1 aliphatic heterocycles. The van der Waals surface area contributed by atoms with E-state index in [0.717, 1.165) is 23.0 Å². The normalized spacial score (nSPS) is 13.9. The number of hydrogen-bond acceptors (Lipinski definition) is 5. The number of aliphatic imine (C=N–C) groups is 1. The molecule has 112 valence electrons.